The highest BCUT2D eigenvalue weighted by Gasteiger charge is 1.95. The van der Waals surface area contributed by atoms with Crippen LogP contribution in [0.25, 0.3) is 0 Å². The van der Waals surface area contributed by atoms with Gasteiger partial charge in [-0.15, -0.1) is 9.24 Å². The molecule has 0 saturated carbocycles. The summed E-state index contributed by atoms with van der Waals surface area (Å²) in [5, 5.41) is 0. The molecule has 0 fully saturated rings. The quantitative estimate of drug-likeness (QED) is 0.508. The van der Waals surface area contributed by atoms with Gasteiger partial charge in [0, 0.05) is 0 Å². The molecule has 0 aliphatic carbocycles. The van der Waals surface area contributed by atoms with Crippen LogP contribution in [0.4, 0.5) is 0 Å². The molecule has 0 bridgehead atoms. The van der Waals surface area contributed by atoms with Gasteiger partial charge in [-0.3, -0.25) is 0 Å². The molecule has 0 nitrogen and oxygen atoms in total. The van der Waals surface area contributed by atoms with Crippen LogP contribution in [0, 0.1) is 13.8 Å². The van der Waals surface area contributed by atoms with E-state index in [1.165, 1.54) is 42.1 Å². The van der Waals surface area contributed by atoms with Crippen molar-refractivity contribution in [3.63, 3.8) is 0 Å². The van der Waals surface area contributed by atoms with Crippen LogP contribution in [0.5, 0.6) is 0 Å². The summed E-state index contributed by atoms with van der Waals surface area (Å²) >= 11 is 0. The molecule has 0 aliphatic rings. The molecular weight excluding hydrogens is 175 g/mol. The number of aryl methyl sites for hydroxylation is 3. The Morgan fingerprint density at radius 3 is 2.15 bits per heavy atom. The second-order valence-electron chi connectivity index (χ2n) is 3.74. The number of rotatable bonds is 4. The monoisotopic (exact) mass is 194 g/mol. The van der Waals surface area contributed by atoms with Gasteiger partial charge in [0.05, 0.1) is 0 Å². The average molecular weight is 194 g/mol. The van der Waals surface area contributed by atoms with Crippen LogP contribution < -0.4 is 0 Å². The Morgan fingerprint density at radius 2 is 1.62 bits per heavy atom. The van der Waals surface area contributed by atoms with Crippen LogP contribution >= 0.6 is 9.24 Å². The van der Waals surface area contributed by atoms with Gasteiger partial charge < -0.3 is 0 Å². The standard InChI is InChI=1S/C12H19P/c1-10-7-11(2)9-12(8-10)5-3-4-6-13/h7-9H,3-6,13H2,1-2H3. The molecule has 0 spiro atoms. The predicted octanol–water partition coefficient (Wildman–Crippen LogP) is 3.50. The molecule has 1 atom stereocenters. The molecule has 13 heavy (non-hydrogen) atoms. The summed E-state index contributed by atoms with van der Waals surface area (Å²) in [6.07, 6.45) is 5.09. The van der Waals surface area contributed by atoms with Crippen molar-refractivity contribution in [2.75, 3.05) is 6.16 Å². The van der Waals surface area contributed by atoms with Crippen molar-refractivity contribution in [2.45, 2.75) is 33.1 Å². The van der Waals surface area contributed by atoms with E-state index in [0.29, 0.717) is 0 Å². The first-order valence-electron chi connectivity index (χ1n) is 4.99. The summed E-state index contributed by atoms with van der Waals surface area (Å²) < 4.78 is 0. The van der Waals surface area contributed by atoms with Gasteiger partial charge in [0.1, 0.15) is 0 Å². The normalized spacial score (nSPS) is 10.4. The van der Waals surface area contributed by atoms with E-state index in [-0.39, 0.29) is 0 Å². The zero-order valence-electron chi connectivity index (χ0n) is 8.64. The average Bonchev–Trinajstić information content (AvgIpc) is 2.03. The summed E-state index contributed by atoms with van der Waals surface area (Å²) in [6.45, 7) is 4.35. The largest absolute Gasteiger partial charge is 0.138 e. The van der Waals surface area contributed by atoms with Gasteiger partial charge in [-0.1, -0.05) is 29.3 Å². The smallest absolute Gasteiger partial charge is 0.0279 e. The Balaban J connectivity index is 2.56. The van der Waals surface area contributed by atoms with Crippen molar-refractivity contribution >= 4 is 9.24 Å². The summed E-state index contributed by atoms with van der Waals surface area (Å²) in [5.74, 6) is 0. The first kappa shape index (κ1) is 10.7. The van der Waals surface area contributed by atoms with Gasteiger partial charge in [0.25, 0.3) is 0 Å². The third kappa shape index (κ3) is 3.91. The minimum atomic E-state index is 1.23. The molecular formula is C12H19P. The number of unbranched alkanes of at least 4 members (excludes halogenated alkanes) is 1. The van der Waals surface area contributed by atoms with E-state index in [1.807, 2.05) is 0 Å². The highest BCUT2D eigenvalue weighted by Crippen LogP contribution is 2.11. The van der Waals surface area contributed by atoms with Crippen LogP contribution in [0.2, 0.25) is 0 Å². The maximum atomic E-state index is 2.78. The van der Waals surface area contributed by atoms with Gasteiger partial charge in [0.15, 0.2) is 0 Å². The fraction of sp³-hybridized carbons (Fsp3) is 0.500. The minimum absolute atomic E-state index is 1.23. The van der Waals surface area contributed by atoms with Crippen LogP contribution in [-0.4, -0.2) is 6.16 Å². The first-order chi connectivity index (χ1) is 6.22. The molecule has 1 heteroatoms. The van der Waals surface area contributed by atoms with E-state index >= 15 is 0 Å². The van der Waals surface area contributed by atoms with E-state index in [4.69, 9.17) is 0 Å². The fourth-order valence-electron chi connectivity index (χ4n) is 1.69. The molecule has 1 rings (SSSR count). The van der Waals surface area contributed by atoms with Gasteiger partial charge in [-0.2, -0.15) is 0 Å². The molecule has 1 aromatic carbocycles. The second-order valence-corrected chi connectivity index (χ2v) is 4.32. The van der Waals surface area contributed by atoms with E-state index in [1.54, 1.807) is 0 Å². The van der Waals surface area contributed by atoms with Crippen LogP contribution in [0.15, 0.2) is 18.2 Å². The van der Waals surface area contributed by atoms with Gasteiger partial charge in [-0.05, 0) is 44.8 Å². The van der Waals surface area contributed by atoms with Crippen molar-refractivity contribution in [3.05, 3.63) is 34.9 Å². The van der Waals surface area contributed by atoms with Crippen molar-refractivity contribution in [1.29, 1.82) is 0 Å². The zero-order chi connectivity index (χ0) is 9.68. The molecule has 0 aromatic heterocycles. The second kappa shape index (κ2) is 5.40. The molecule has 0 heterocycles. The summed E-state index contributed by atoms with van der Waals surface area (Å²) in [6, 6.07) is 6.84. The zero-order valence-corrected chi connectivity index (χ0v) is 9.79. The Kier molecular flexibility index (Phi) is 4.45. The Labute approximate surface area is 84.0 Å². The molecule has 0 saturated heterocycles. The van der Waals surface area contributed by atoms with Crippen LogP contribution in [-0.2, 0) is 6.42 Å². The summed E-state index contributed by atoms with van der Waals surface area (Å²) in [5.41, 5.74) is 4.28. The lowest BCUT2D eigenvalue weighted by atomic mass is 10.0. The molecule has 1 aromatic rings. The highest BCUT2D eigenvalue weighted by molar-refractivity contribution is 7.16. The minimum Gasteiger partial charge on any atom is -0.138 e. The Hall–Kier alpha value is -0.350. The lowest BCUT2D eigenvalue weighted by Gasteiger charge is -2.04. The van der Waals surface area contributed by atoms with Gasteiger partial charge in [0.2, 0.25) is 0 Å². The predicted molar refractivity (Wildman–Crippen MR) is 63.4 cm³/mol. The first-order valence-corrected chi connectivity index (χ1v) is 5.81. The fourth-order valence-corrected chi connectivity index (χ4v) is 1.98. The molecule has 0 amide bonds. The molecule has 0 N–H and O–H groups in total. The Bertz CT molecular complexity index is 246. The van der Waals surface area contributed by atoms with Crippen LogP contribution in [0.3, 0.4) is 0 Å². The lowest BCUT2D eigenvalue weighted by Crippen LogP contribution is -1.88. The summed E-state index contributed by atoms with van der Waals surface area (Å²) in [4.78, 5) is 0. The third-order valence-corrected chi connectivity index (χ3v) is 2.61. The molecule has 0 aliphatic heterocycles. The van der Waals surface area contributed by atoms with Gasteiger partial charge in [-0.25, -0.2) is 0 Å². The third-order valence-electron chi connectivity index (χ3n) is 2.20. The molecule has 1 unspecified atom stereocenters. The maximum Gasteiger partial charge on any atom is -0.0279 e. The lowest BCUT2D eigenvalue weighted by molar-refractivity contribution is 0.801. The van der Waals surface area contributed by atoms with E-state index < -0.39 is 0 Å². The number of benzene rings is 1. The summed E-state index contributed by atoms with van der Waals surface area (Å²) in [7, 11) is 2.78. The Morgan fingerprint density at radius 1 is 1.00 bits per heavy atom. The van der Waals surface area contributed by atoms with Crippen molar-refractivity contribution in [2.24, 2.45) is 0 Å². The van der Waals surface area contributed by atoms with E-state index in [2.05, 4.69) is 41.3 Å². The van der Waals surface area contributed by atoms with Crippen LogP contribution in [0.1, 0.15) is 29.5 Å². The van der Waals surface area contributed by atoms with Gasteiger partial charge >= 0.3 is 0 Å². The molecule has 72 valence electrons. The van der Waals surface area contributed by atoms with Crippen molar-refractivity contribution < 1.29 is 0 Å². The van der Waals surface area contributed by atoms with E-state index in [0.717, 1.165) is 0 Å². The number of hydrogen-bond donors (Lipinski definition) is 0. The highest BCUT2D eigenvalue weighted by atomic mass is 31.0. The topological polar surface area (TPSA) is 0 Å². The van der Waals surface area contributed by atoms with E-state index in [9.17, 15) is 0 Å². The SMILES string of the molecule is Cc1cc(C)cc(CCCCP)c1. The molecule has 0 radical (unpaired) electrons. The van der Waals surface area contributed by atoms with Crippen molar-refractivity contribution in [3.8, 4) is 0 Å². The maximum absolute atomic E-state index is 2.78. The number of hydrogen-bond acceptors (Lipinski definition) is 0. The van der Waals surface area contributed by atoms with Crippen molar-refractivity contribution in [1.82, 2.24) is 0 Å².